The number of rotatable bonds is 7. The average Bonchev–Trinajstić information content (AvgIpc) is 2.68. The normalized spacial score (nSPS) is 16.7. The van der Waals surface area contributed by atoms with Gasteiger partial charge in [0.1, 0.15) is 5.75 Å². The fraction of sp³-hybridized carbons (Fsp3) is 0.286. The van der Waals surface area contributed by atoms with E-state index in [1.807, 2.05) is 12.1 Å². The Labute approximate surface area is 162 Å². The van der Waals surface area contributed by atoms with Crippen LogP contribution in [0.5, 0.6) is 5.75 Å². The van der Waals surface area contributed by atoms with Crippen LogP contribution in [0.2, 0.25) is 0 Å². The lowest BCUT2D eigenvalue weighted by Crippen LogP contribution is -2.46. The number of nitrogens with one attached hydrogen (secondary N) is 1. The number of hydrogen-bond acceptors (Lipinski definition) is 4. The summed E-state index contributed by atoms with van der Waals surface area (Å²) in [6.45, 7) is 1.85. The zero-order valence-electron chi connectivity index (χ0n) is 15.5. The number of para-hydroxylation sites is 2. The van der Waals surface area contributed by atoms with Gasteiger partial charge in [0.25, 0.3) is 5.91 Å². The number of hydrogen-bond donors (Lipinski definition) is 2. The SMILES string of the molecule is CC1Oc2ccccc2N(CCC(=O)NC(CC(=O)O)c2ccccc2)C1=O. The molecule has 0 fully saturated rings. The molecule has 3 rings (SSSR count). The van der Waals surface area contributed by atoms with Gasteiger partial charge < -0.3 is 20.1 Å². The van der Waals surface area contributed by atoms with E-state index in [4.69, 9.17) is 9.84 Å². The van der Waals surface area contributed by atoms with Gasteiger partial charge in [0.15, 0.2) is 6.10 Å². The molecular weight excluding hydrogens is 360 g/mol. The summed E-state index contributed by atoms with van der Waals surface area (Å²) in [4.78, 5) is 37.7. The van der Waals surface area contributed by atoms with Crippen LogP contribution in [0.15, 0.2) is 54.6 Å². The van der Waals surface area contributed by atoms with Gasteiger partial charge in [0, 0.05) is 13.0 Å². The fourth-order valence-corrected chi connectivity index (χ4v) is 3.18. The second-order valence-corrected chi connectivity index (χ2v) is 6.60. The van der Waals surface area contributed by atoms with Crippen molar-refractivity contribution >= 4 is 23.5 Å². The molecule has 0 spiro atoms. The molecule has 0 radical (unpaired) electrons. The Balaban J connectivity index is 1.67. The van der Waals surface area contributed by atoms with E-state index in [9.17, 15) is 14.4 Å². The van der Waals surface area contributed by atoms with Crippen LogP contribution < -0.4 is 15.0 Å². The highest BCUT2D eigenvalue weighted by atomic mass is 16.5. The van der Waals surface area contributed by atoms with Crippen LogP contribution in [0.1, 0.15) is 31.4 Å². The van der Waals surface area contributed by atoms with Crippen molar-refractivity contribution in [1.29, 1.82) is 0 Å². The predicted octanol–water partition coefficient (Wildman–Crippen LogP) is 2.52. The lowest BCUT2D eigenvalue weighted by molar-refractivity contribution is -0.137. The largest absolute Gasteiger partial charge is 0.481 e. The first-order valence-electron chi connectivity index (χ1n) is 9.09. The maximum absolute atomic E-state index is 12.5. The molecule has 2 amide bonds. The highest BCUT2D eigenvalue weighted by molar-refractivity contribution is 6.00. The number of carbonyl (C=O) groups excluding carboxylic acids is 2. The van der Waals surface area contributed by atoms with E-state index in [1.165, 1.54) is 4.90 Å². The maximum Gasteiger partial charge on any atom is 0.305 e. The standard InChI is InChI=1S/C21H22N2O5/c1-14-21(27)23(17-9-5-6-10-18(17)28-14)12-11-19(24)22-16(13-20(25)26)15-7-3-2-4-8-15/h2-10,14,16H,11-13H2,1H3,(H,22,24)(H,25,26). The second kappa shape index (κ2) is 8.56. The van der Waals surface area contributed by atoms with Gasteiger partial charge in [-0.2, -0.15) is 0 Å². The molecule has 2 unspecified atom stereocenters. The first kappa shape index (κ1) is 19.4. The summed E-state index contributed by atoms with van der Waals surface area (Å²) in [5, 5.41) is 11.9. The van der Waals surface area contributed by atoms with E-state index in [0.717, 1.165) is 5.56 Å². The van der Waals surface area contributed by atoms with E-state index in [1.54, 1.807) is 49.4 Å². The topological polar surface area (TPSA) is 95.9 Å². The number of amides is 2. The maximum atomic E-state index is 12.5. The Morgan fingerprint density at radius 3 is 2.54 bits per heavy atom. The van der Waals surface area contributed by atoms with Gasteiger partial charge in [-0.25, -0.2) is 0 Å². The highest BCUT2D eigenvalue weighted by Crippen LogP contribution is 2.33. The highest BCUT2D eigenvalue weighted by Gasteiger charge is 2.31. The molecule has 2 aromatic rings. The molecule has 2 aromatic carbocycles. The zero-order valence-corrected chi connectivity index (χ0v) is 15.5. The van der Waals surface area contributed by atoms with E-state index in [2.05, 4.69) is 5.32 Å². The van der Waals surface area contributed by atoms with Gasteiger partial charge in [0.05, 0.1) is 18.2 Å². The van der Waals surface area contributed by atoms with Gasteiger partial charge in [-0.15, -0.1) is 0 Å². The molecule has 0 aliphatic carbocycles. The quantitative estimate of drug-likeness (QED) is 0.767. The number of fused-ring (bicyclic) bond motifs is 1. The van der Waals surface area contributed by atoms with E-state index in [0.29, 0.717) is 11.4 Å². The van der Waals surface area contributed by atoms with Crippen molar-refractivity contribution in [3.05, 3.63) is 60.2 Å². The summed E-state index contributed by atoms with van der Waals surface area (Å²) in [7, 11) is 0. The van der Waals surface area contributed by atoms with Gasteiger partial charge in [-0.3, -0.25) is 14.4 Å². The molecule has 2 atom stereocenters. The number of carboxylic acids is 1. The Morgan fingerprint density at radius 2 is 1.82 bits per heavy atom. The Kier molecular flexibility index (Phi) is 5.93. The van der Waals surface area contributed by atoms with Crippen molar-refractivity contribution < 1.29 is 24.2 Å². The smallest absolute Gasteiger partial charge is 0.305 e. The van der Waals surface area contributed by atoms with E-state index >= 15 is 0 Å². The summed E-state index contributed by atoms with van der Waals surface area (Å²) in [6.07, 6.45) is -0.788. The van der Waals surface area contributed by atoms with Crippen LogP contribution in [0.25, 0.3) is 0 Å². The third-order valence-corrected chi connectivity index (χ3v) is 4.55. The lowest BCUT2D eigenvalue weighted by atomic mass is 10.0. The second-order valence-electron chi connectivity index (χ2n) is 6.60. The molecule has 1 heterocycles. The number of ether oxygens (including phenoxy) is 1. The van der Waals surface area contributed by atoms with Crippen molar-refractivity contribution in [3.8, 4) is 5.75 Å². The third-order valence-electron chi connectivity index (χ3n) is 4.55. The summed E-state index contributed by atoms with van der Waals surface area (Å²) in [6, 6.07) is 15.5. The van der Waals surface area contributed by atoms with Gasteiger partial charge in [-0.05, 0) is 24.6 Å². The molecule has 1 aliphatic heterocycles. The predicted molar refractivity (Wildman–Crippen MR) is 103 cm³/mol. The van der Waals surface area contributed by atoms with Crippen molar-refractivity contribution in [3.63, 3.8) is 0 Å². The first-order chi connectivity index (χ1) is 13.5. The molecule has 7 heteroatoms. The van der Waals surface area contributed by atoms with Crippen molar-refractivity contribution in [2.75, 3.05) is 11.4 Å². The molecule has 2 N–H and O–H groups in total. The molecule has 146 valence electrons. The van der Waals surface area contributed by atoms with Crippen molar-refractivity contribution in [2.24, 2.45) is 0 Å². The van der Waals surface area contributed by atoms with Crippen LogP contribution in [0.3, 0.4) is 0 Å². The third kappa shape index (κ3) is 4.49. The number of aliphatic carboxylic acids is 1. The number of nitrogens with zero attached hydrogens (tertiary/aromatic N) is 1. The molecule has 0 aromatic heterocycles. The number of anilines is 1. The van der Waals surface area contributed by atoms with Crippen molar-refractivity contribution in [1.82, 2.24) is 5.32 Å². The number of carboxylic acid groups (broad SMARTS) is 1. The molecular formula is C21H22N2O5. The van der Waals surface area contributed by atoms with Gasteiger partial charge >= 0.3 is 5.97 Å². The zero-order chi connectivity index (χ0) is 20.1. The average molecular weight is 382 g/mol. The summed E-state index contributed by atoms with van der Waals surface area (Å²) >= 11 is 0. The molecule has 28 heavy (non-hydrogen) atoms. The van der Waals surface area contributed by atoms with Crippen LogP contribution in [0.4, 0.5) is 5.69 Å². The molecule has 0 saturated heterocycles. The monoisotopic (exact) mass is 382 g/mol. The van der Waals surface area contributed by atoms with Crippen LogP contribution in [0, 0.1) is 0 Å². The minimum Gasteiger partial charge on any atom is -0.481 e. The Morgan fingerprint density at radius 1 is 1.14 bits per heavy atom. The molecule has 0 bridgehead atoms. The Bertz CT molecular complexity index is 868. The van der Waals surface area contributed by atoms with Gasteiger partial charge in [0.2, 0.25) is 5.91 Å². The van der Waals surface area contributed by atoms with Crippen LogP contribution >= 0.6 is 0 Å². The number of benzene rings is 2. The Hall–Kier alpha value is -3.35. The number of carbonyl (C=O) groups is 3. The van der Waals surface area contributed by atoms with Gasteiger partial charge in [-0.1, -0.05) is 42.5 Å². The van der Waals surface area contributed by atoms with Crippen LogP contribution in [-0.2, 0) is 14.4 Å². The fourth-order valence-electron chi connectivity index (χ4n) is 3.18. The summed E-state index contributed by atoms with van der Waals surface area (Å²) in [5.74, 6) is -0.931. The summed E-state index contributed by atoms with van der Waals surface area (Å²) < 4.78 is 5.59. The van der Waals surface area contributed by atoms with Crippen LogP contribution in [-0.4, -0.2) is 35.5 Å². The first-order valence-corrected chi connectivity index (χ1v) is 9.09. The van der Waals surface area contributed by atoms with E-state index in [-0.39, 0.29) is 31.2 Å². The minimum atomic E-state index is -1.000. The molecule has 1 aliphatic rings. The van der Waals surface area contributed by atoms with Crippen molar-refractivity contribution in [2.45, 2.75) is 31.9 Å². The summed E-state index contributed by atoms with van der Waals surface area (Å²) in [5.41, 5.74) is 1.35. The lowest BCUT2D eigenvalue weighted by Gasteiger charge is -2.33. The van der Waals surface area contributed by atoms with E-state index < -0.39 is 18.1 Å². The minimum absolute atomic E-state index is 0.0513. The molecule has 0 saturated carbocycles. The molecule has 7 nitrogen and oxygen atoms in total.